The average Bonchev–Trinajstić information content (AvgIpc) is 2.09. The first-order valence-corrected chi connectivity index (χ1v) is 5.04. The molecule has 0 bridgehead atoms. The minimum absolute atomic E-state index is 0.657. The van der Waals surface area contributed by atoms with Crippen LogP contribution >= 0.6 is 23.4 Å². The van der Waals surface area contributed by atoms with E-state index in [1.807, 2.05) is 25.3 Å². The van der Waals surface area contributed by atoms with E-state index in [4.69, 9.17) is 16.9 Å². The van der Waals surface area contributed by atoms with Crippen molar-refractivity contribution in [2.75, 3.05) is 6.26 Å². The Kier molecular flexibility index (Phi) is 3.02. The molecule has 0 unspecified atom stereocenters. The molecule has 1 aromatic rings. The Bertz CT molecular complexity index is 341. The van der Waals surface area contributed by atoms with Crippen LogP contribution in [0, 0.1) is 18.3 Å². The number of nitrogens with zero attached hydrogens (tertiary/aromatic N) is 1. The maximum atomic E-state index is 8.83. The van der Waals surface area contributed by atoms with E-state index in [0.29, 0.717) is 10.6 Å². The first-order chi connectivity index (χ1) is 5.70. The maximum absolute atomic E-state index is 8.83. The van der Waals surface area contributed by atoms with Gasteiger partial charge in [-0.15, -0.1) is 11.8 Å². The lowest BCUT2D eigenvalue weighted by atomic mass is 10.1. The molecule has 12 heavy (non-hydrogen) atoms. The molecule has 0 spiro atoms. The highest BCUT2D eigenvalue weighted by Crippen LogP contribution is 2.27. The molecule has 0 aliphatic rings. The molecule has 1 aromatic carbocycles. The van der Waals surface area contributed by atoms with Gasteiger partial charge in [-0.2, -0.15) is 5.26 Å². The molecule has 0 N–H and O–H groups in total. The summed E-state index contributed by atoms with van der Waals surface area (Å²) in [6.45, 7) is 1.86. The first-order valence-electron chi connectivity index (χ1n) is 3.44. The van der Waals surface area contributed by atoms with Crippen molar-refractivity contribution in [1.29, 1.82) is 5.26 Å². The van der Waals surface area contributed by atoms with Gasteiger partial charge >= 0.3 is 0 Å². The van der Waals surface area contributed by atoms with Crippen molar-refractivity contribution in [3.63, 3.8) is 0 Å². The number of hydrogen-bond donors (Lipinski definition) is 0. The number of benzene rings is 1. The molecular weight excluding hydrogens is 190 g/mol. The quantitative estimate of drug-likeness (QED) is 0.646. The third kappa shape index (κ3) is 1.57. The molecule has 0 aliphatic carbocycles. The number of thioether (sulfide) groups is 1. The van der Waals surface area contributed by atoms with Gasteiger partial charge in [0.1, 0.15) is 6.07 Å². The second-order valence-electron chi connectivity index (χ2n) is 2.36. The predicted octanol–water partition coefficient (Wildman–Crippen LogP) is 3.24. The fourth-order valence-corrected chi connectivity index (χ4v) is 1.73. The average molecular weight is 198 g/mol. The summed E-state index contributed by atoms with van der Waals surface area (Å²) in [5.74, 6) is 0. The molecule has 0 radical (unpaired) electrons. The van der Waals surface area contributed by atoms with Crippen LogP contribution in [0.4, 0.5) is 0 Å². The third-order valence-electron chi connectivity index (χ3n) is 1.69. The summed E-state index contributed by atoms with van der Waals surface area (Å²) in [5, 5.41) is 9.49. The Morgan fingerprint density at radius 1 is 1.50 bits per heavy atom. The molecule has 0 atom stereocenters. The lowest BCUT2D eigenvalue weighted by Gasteiger charge is -2.04. The summed E-state index contributed by atoms with van der Waals surface area (Å²) in [6, 6.07) is 5.85. The SMILES string of the molecule is CSc1ccc(Cl)c(C)c1C#N. The molecule has 0 fully saturated rings. The number of hydrogen-bond acceptors (Lipinski definition) is 2. The molecule has 0 saturated carbocycles. The van der Waals surface area contributed by atoms with Gasteiger partial charge < -0.3 is 0 Å². The Hall–Kier alpha value is -0.650. The molecule has 0 amide bonds. The van der Waals surface area contributed by atoms with Crippen molar-refractivity contribution < 1.29 is 0 Å². The zero-order valence-electron chi connectivity index (χ0n) is 6.89. The summed E-state index contributed by atoms with van der Waals surface area (Å²) in [5.41, 5.74) is 1.56. The zero-order chi connectivity index (χ0) is 9.14. The molecule has 0 aromatic heterocycles. The van der Waals surface area contributed by atoms with Crippen LogP contribution in [-0.2, 0) is 0 Å². The van der Waals surface area contributed by atoms with Gasteiger partial charge in [-0.3, -0.25) is 0 Å². The Morgan fingerprint density at radius 2 is 2.17 bits per heavy atom. The zero-order valence-corrected chi connectivity index (χ0v) is 8.46. The van der Waals surface area contributed by atoms with Crippen LogP contribution in [-0.4, -0.2) is 6.26 Å². The van der Waals surface area contributed by atoms with Crippen molar-refractivity contribution in [3.05, 3.63) is 28.3 Å². The van der Waals surface area contributed by atoms with Crippen molar-refractivity contribution in [3.8, 4) is 6.07 Å². The predicted molar refractivity (Wildman–Crippen MR) is 52.7 cm³/mol. The van der Waals surface area contributed by atoms with Gasteiger partial charge in [0.15, 0.2) is 0 Å². The standard InChI is InChI=1S/C9H8ClNS/c1-6-7(5-11)9(12-2)4-3-8(6)10/h3-4H,1-2H3. The highest BCUT2D eigenvalue weighted by atomic mass is 35.5. The molecule has 62 valence electrons. The lowest BCUT2D eigenvalue weighted by molar-refractivity contribution is 1.29. The van der Waals surface area contributed by atoms with Gasteiger partial charge in [-0.25, -0.2) is 0 Å². The Balaban J connectivity index is 3.38. The van der Waals surface area contributed by atoms with Crippen molar-refractivity contribution in [2.24, 2.45) is 0 Å². The number of rotatable bonds is 1. The van der Waals surface area contributed by atoms with Crippen LogP contribution in [0.1, 0.15) is 11.1 Å². The van der Waals surface area contributed by atoms with Gasteiger partial charge in [-0.1, -0.05) is 11.6 Å². The maximum Gasteiger partial charge on any atom is 0.101 e. The van der Waals surface area contributed by atoms with E-state index in [1.54, 1.807) is 11.8 Å². The van der Waals surface area contributed by atoms with Gasteiger partial charge in [0.2, 0.25) is 0 Å². The van der Waals surface area contributed by atoms with Crippen molar-refractivity contribution in [1.82, 2.24) is 0 Å². The second kappa shape index (κ2) is 3.84. The van der Waals surface area contributed by atoms with Crippen LogP contribution in [0.2, 0.25) is 5.02 Å². The highest BCUT2D eigenvalue weighted by molar-refractivity contribution is 7.98. The fourth-order valence-electron chi connectivity index (χ4n) is 0.970. The Morgan fingerprint density at radius 3 is 2.67 bits per heavy atom. The number of nitriles is 1. The molecule has 0 aliphatic heterocycles. The van der Waals surface area contributed by atoms with Crippen LogP contribution < -0.4 is 0 Å². The van der Waals surface area contributed by atoms with Crippen molar-refractivity contribution in [2.45, 2.75) is 11.8 Å². The van der Waals surface area contributed by atoms with Gasteiger partial charge in [-0.05, 0) is 30.9 Å². The molecular formula is C9H8ClNS. The molecule has 3 heteroatoms. The van der Waals surface area contributed by atoms with E-state index in [9.17, 15) is 0 Å². The first kappa shape index (κ1) is 9.44. The minimum Gasteiger partial charge on any atom is -0.192 e. The van der Waals surface area contributed by atoms with Crippen molar-refractivity contribution >= 4 is 23.4 Å². The summed E-state index contributed by atoms with van der Waals surface area (Å²) in [4.78, 5) is 0.986. The van der Waals surface area contributed by atoms with E-state index < -0.39 is 0 Å². The van der Waals surface area contributed by atoms with Crippen LogP contribution in [0.3, 0.4) is 0 Å². The minimum atomic E-state index is 0.657. The second-order valence-corrected chi connectivity index (χ2v) is 3.62. The summed E-state index contributed by atoms with van der Waals surface area (Å²) in [6.07, 6.45) is 1.95. The van der Waals surface area contributed by atoms with E-state index in [0.717, 1.165) is 10.5 Å². The van der Waals surface area contributed by atoms with E-state index >= 15 is 0 Å². The fraction of sp³-hybridized carbons (Fsp3) is 0.222. The molecule has 0 heterocycles. The highest BCUT2D eigenvalue weighted by Gasteiger charge is 2.06. The summed E-state index contributed by atoms with van der Waals surface area (Å²) >= 11 is 7.42. The summed E-state index contributed by atoms with van der Waals surface area (Å²) < 4.78 is 0. The van der Waals surface area contributed by atoms with Crippen LogP contribution in [0.15, 0.2) is 17.0 Å². The lowest BCUT2D eigenvalue weighted by Crippen LogP contribution is -1.86. The normalized spacial score (nSPS) is 9.50. The van der Waals surface area contributed by atoms with E-state index in [1.165, 1.54) is 0 Å². The number of halogens is 1. The monoisotopic (exact) mass is 197 g/mol. The summed E-state index contributed by atoms with van der Waals surface area (Å²) in [7, 11) is 0. The third-order valence-corrected chi connectivity index (χ3v) is 2.88. The van der Waals surface area contributed by atoms with E-state index in [-0.39, 0.29) is 0 Å². The van der Waals surface area contributed by atoms with Gasteiger partial charge in [0.25, 0.3) is 0 Å². The molecule has 0 saturated heterocycles. The van der Waals surface area contributed by atoms with E-state index in [2.05, 4.69) is 6.07 Å². The van der Waals surface area contributed by atoms with Gasteiger partial charge in [0.05, 0.1) is 5.56 Å². The van der Waals surface area contributed by atoms with Gasteiger partial charge in [0, 0.05) is 9.92 Å². The van der Waals surface area contributed by atoms with Crippen LogP contribution in [0.25, 0.3) is 0 Å². The largest absolute Gasteiger partial charge is 0.192 e. The topological polar surface area (TPSA) is 23.8 Å². The smallest absolute Gasteiger partial charge is 0.101 e. The molecule has 1 rings (SSSR count). The van der Waals surface area contributed by atoms with Crippen LogP contribution in [0.5, 0.6) is 0 Å². The molecule has 1 nitrogen and oxygen atoms in total. The Labute approximate surface area is 81.3 Å².